The van der Waals surface area contributed by atoms with Gasteiger partial charge in [-0.05, 0) is 64.2 Å². The van der Waals surface area contributed by atoms with Crippen molar-refractivity contribution in [1.82, 2.24) is 15.2 Å². The SMILES string of the molecule is CCC1c2[nH]c3cc(Cl)ccc3c2CCN1C(=O)C1CCCCC1.CNC(=O)OC(C)(C)C. The van der Waals surface area contributed by atoms with E-state index >= 15 is 0 Å². The van der Waals surface area contributed by atoms with E-state index < -0.39 is 0 Å². The third-order valence-electron chi connectivity index (χ3n) is 6.44. The van der Waals surface area contributed by atoms with Gasteiger partial charge in [-0.1, -0.05) is 43.9 Å². The Morgan fingerprint density at radius 1 is 1.21 bits per heavy atom. The maximum Gasteiger partial charge on any atom is 0.407 e. The van der Waals surface area contributed by atoms with Crippen LogP contribution in [0.25, 0.3) is 10.9 Å². The molecule has 2 aromatic rings. The fourth-order valence-corrected chi connectivity index (χ4v) is 5.12. The third kappa shape index (κ3) is 6.23. The minimum absolute atomic E-state index is 0.175. The minimum atomic E-state index is -0.389. The zero-order valence-corrected chi connectivity index (χ0v) is 21.3. The maximum absolute atomic E-state index is 13.1. The molecule has 1 fully saturated rings. The van der Waals surface area contributed by atoms with E-state index in [1.165, 1.54) is 43.0 Å². The molecule has 0 saturated heterocycles. The fraction of sp³-hybridized carbons (Fsp3) is 0.615. The smallest absolute Gasteiger partial charge is 0.407 e. The molecule has 0 radical (unpaired) electrons. The summed E-state index contributed by atoms with van der Waals surface area (Å²) in [7, 11) is 1.54. The molecule has 2 N–H and O–H groups in total. The van der Waals surface area contributed by atoms with Crippen LogP contribution in [0.4, 0.5) is 4.79 Å². The van der Waals surface area contributed by atoms with E-state index in [9.17, 15) is 9.59 Å². The number of aromatic amines is 1. The van der Waals surface area contributed by atoms with E-state index in [2.05, 4.69) is 28.2 Å². The number of nitrogens with zero attached hydrogens (tertiary/aromatic N) is 1. The molecular weight excluding hydrogens is 438 g/mol. The van der Waals surface area contributed by atoms with E-state index in [4.69, 9.17) is 16.3 Å². The fourth-order valence-electron chi connectivity index (χ4n) is 4.95. The van der Waals surface area contributed by atoms with Crippen molar-refractivity contribution in [2.45, 2.75) is 84.3 Å². The van der Waals surface area contributed by atoms with Crippen LogP contribution < -0.4 is 5.32 Å². The van der Waals surface area contributed by atoms with Crippen LogP contribution in [-0.4, -0.2) is 41.1 Å². The number of benzene rings is 1. The summed E-state index contributed by atoms with van der Waals surface area (Å²) >= 11 is 6.15. The summed E-state index contributed by atoms with van der Waals surface area (Å²) in [4.78, 5) is 29.3. The molecule has 2 aliphatic rings. The van der Waals surface area contributed by atoms with Crippen molar-refractivity contribution in [2.75, 3.05) is 13.6 Å². The number of amides is 2. The number of carbonyl (C=O) groups excluding carboxylic acids is 2. The molecule has 33 heavy (non-hydrogen) atoms. The van der Waals surface area contributed by atoms with E-state index in [0.29, 0.717) is 5.91 Å². The zero-order chi connectivity index (χ0) is 24.2. The number of rotatable bonds is 2. The molecular formula is C26H38ClN3O3. The van der Waals surface area contributed by atoms with Gasteiger partial charge in [-0.3, -0.25) is 4.79 Å². The summed E-state index contributed by atoms with van der Waals surface area (Å²) < 4.78 is 4.84. The first-order valence-electron chi connectivity index (χ1n) is 12.2. The molecule has 1 aromatic heterocycles. The number of H-pyrrole nitrogens is 1. The molecule has 1 aliphatic carbocycles. The van der Waals surface area contributed by atoms with E-state index in [1.54, 1.807) is 0 Å². The third-order valence-corrected chi connectivity index (χ3v) is 6.68. The summed E-state index contributed by atoms with van der Waals surface area (Å²) in [6.07, 6.45) is 7.34. The molecule has 4 rings (SSSR count). The molecule has 1 atom stereocenters. The summed E-state index contributed by atoms with van der Waals surface area (Å²) in [5.74, 6) is 0.622. The van der Waals surface area contributed by atoms with Gasteiger partial charge in [-0.2, -0.15) is 0 Å². The first-order chi connectivity index (χ1) is 15.6. The van der Waals surface area contributed by atoms with Gasteiger partial charge < -0.3 is 19.9 Å². The van der Waals surface area contributed by atoms with Crippen molar-refractivity contribution < 1.29 is 14.3 Å². The average molecular weight is 476 g/mol. The second kappa shape index (κ2) is 10.8. The predicted octanol–water partition coefficient (Wildman–Crippen LogP) is 6.38. The van der Waals surface area contributed by atoms with Crippen LogP contribution in [0.15, 0.2) is 18.2 Å². The van der Waals surface area contributed by atoms with E-state index in [0.717, 1.165) is 42.8 Å². The summed E-state index contributed by atoms with van der Waals surface area (Å²) in [6.45, 7) is 8.49. The highest BCUT2D eigenvalue weighted by Gasteiger charge is 2.35. The van der Waals surface area contributed by atoms with Gasteiger partial charge in [-0.25, -0.2) is 4.79 Å². The predicted molar refractivity (Wildman–Crippen MR) is 134 cm³/mol. The van der Waals surface area contributed by atoms with Gasteiger partial charge in [-0.15, -0.1) is 0 Å². The molecule has 0 spiro atoms. The molecule has 2 heterocycles. The first kappa shape index (κ1) is 25.4. The lowest BCUT2D eigenvalue weighted by Gasteiger charge is -2.38. The normalized spacial score (nSPS) is 18.8. The van der Waals surface area contributed by atoms with Crippen LogP contribution in [-0.2, 0) is 16.0 Å². The number of nitrogens with one attached hydrogen (secondary N) is 2. The average Bonchev–Trinajstić information content (AvgIpc) is 3.15. The molecule has 2 amide bonds. The molecule has 182 valence electrons. The second-order valence-electron chi connectivity index (χ2n) is 10.00. The number of hydrogen-bond donors (Lipinski definition) is 2. The summed E-state index contributed by atoms with van der Waals surface area (Å²) in [6, 6.07) is 6.24. The lowest BCUT2D eigenvalue weighted by atomic mass is 9.86. The first-order valence-corrected chi connectivity index (χ1v) is 12.5. The lowest BCUT2D eigenvalue weighted by Crippen LogP contribution is -2.43. The highest BCUT2D eigenvalue weighted by atomic mass is 35.5. The monoisotopic (exact) mass is 475 g/mol. The molecule has 1 unspecified atom stereocenters. The van der Waals surface area contributed by atoms with Crippen molar-refractivity contribution in [3.8, 4) is 0 Å². The molecule has 7 heteroatoms. The van der Waals surface area contributed by atoms with Gasteiger partial charge in [0.2, 0.25) is 5.91 Å². The Balaban J connectivity index is 0.000000292. The van der Waals surface area contributed by atoms with Gasteiger partial charge in [0.05, 0.1) is 6.04 Å². The molecule has 1 aliphatic heterocycles. The van der Waals surface area contributed by atoms with Crippen molar-refractivity contribution in [3.05, 3.63) is 34.5 Å². The topological polar surface area (TPSA) is 74.4 Å². The van der Waals surface area contributed by atoms with Gasteiger partial charge in [0, 0.05) is 41.1 Å². The second-order valence-corrected chi connectivity index (χ2v) is 10.4. The largest absolute Gasteiger partial charge is 0.444 e. The van der Waals surface area contributed by atoms with Crippen molar-refractivity contribution in [3.63, 3.8) is 0 Å². The van der Waals surface area contributed by atoms with Crippen LogP contribution in [0.2, 0.25) is 5.02 Å². The Kier molecular flexibility index (Phi) is 8.33. The maximum atomic E-state index is 13.1. The Morgan fingerprint density at radius 3 is 2.48 bits per heavy atom. The minimum Gasteiger partial charge on any atom is -0.444 e. The van der Waals surface area contributed by atoms with Gasteiger partial charge >= 0.3 is 6.09 Å². The van der Waals surface area contributed by atoms with Gasteiger partial charge in [0.15, 0.2) is 0 Å². The number of carbonyl (C=O) groups is 2. The highest BCUT2D eigenvalue weighted by molar-refractivity contribution is 6.31. The number of ether oxygens (including phenoxy) is 1. The van der Waals surface area contributed by atoms with Crippen LogP contribution in [0, 0.1) is 5.92 Å². The van der Waals surface area contributed by atoms with E-state index in [1.807, 2.05) is 32.9 Å². The molecule has 6 nitrogen and oxygen atoms in total. The van der Waals surface area contributed by atoms with Crippen molar-refractivity contribution >= 4 is 34.5 Å². The molecule has 1 saturated carbocycles. The number of alkyl carbamates (subject to hydrolysis) is 1. The molecule has 1 aromatic carbocycles. The van der Waals surface area contributed by atoms with Crippen LogP contribution in [0.3, 0.4) is 0 Å². The summed E-state index contributed by atoms with van der Waals surface area (Å²) in [5.41, 5.74) is 3.31. The lowest BCUT2D eigenvalue weighted by molar-refractivity contribution is -0.139. The highest BCUT2D eigenvalue weighted by Crippen LogP contribution is 2.38. The Labute approximate surface area is 202 Å². The zero-order valence-electron chi connectivity index (χ0n) is 20.6. The van der Waals surface area contributed by atoms with E-state index in [-0.39, 0.29) is 23.7 Å². The Morgan fingerprint density at radius 2 is 1.91 bits per heavy atom. The number of aromatic nitrogens is 1. The standard InChI is InChI=1S/C20H25ClN2O.C6H13NO2/c1-2-18-19-16(15-9-8-14(21)12-17(15)22-19)10-11-23(18)20(24)13-6-4-3-5-7-13;1-6(2,3)9-5(8)7-4/h8-9,12-13,18,22H,2-7,10-11H2,1H3;1-4H3,(H,7,8). The van der Waals surface area contributed by atoms with Gasteiger partial charge in [0.1, 0.15) is 5.60 Å². The van der Waals surface area contributed by atoms with Crippen molar-refractivity contribution in [2.24, 2.45) is 5.92 Å². The number of fused-ring (bicyclic) bond motifs is 3. The van der Waals surface area contributed by atoms with Crippen LogP contribution in [0.5, 0.6) is 0 Å². The summed E-state index contributed by atoms with van der Waals surface area (Å²) in [5, 5.41) is 4.38. The molecule has 0 bridgehead atoms. The van der Waals surface area contributed by atoms with Crippen LogP contribution in [0.1, 0.15) is 83.5 Å². The number of hydrogen-bond acceptors (Lipinski definition) is 3. The quantitative estimate of drug-likeness (QED) is 0.529. The van der Waals surface area contributed by atoms with Crippen LogP contribution >= 0.6 is 11.6 Å². The Bertz CT molecular complexity index is 973. The number of halogens is 1. The Hall–Kier alpha value is -2.21. The van der Waals surface area contributed by atoms with Gasteiger partial charge in [0.25, 0.3) is 0 Å². The van der Waals surface area contributed by atoms with Crippen molar-refractivity contribution in [1.29, 1.82) is 0 Å².